The van der Waals surface area contributed by atoms with Crippen LogP contribution in [0, 0.1) is 5.92 Å². The number of morpholine rings is 1. The van der Waals surface area contributed by atoms with Gasteiger partial charge in [0.2, 0.25) is 11.8 Å². The van der Waals surface area contributed by atoms with Crippen molar-refractivity contribution in [3.63, 3.8) is 0 Å². The van der Waals surface area contributed by atoms with E-state index < -0.39 is 0 Å². The van der Waals surface area contributed by atoms with E-state index in [-0.39, 0.29) is 17.7 Å². The summed E-state index contributed by atoms with van der Waals surface area (Å²) in [6.45, 7) is 3.33. The Morgan fingerprint density at radius 3 is 2.20 bits per heavy atom. The quantitative estimate of drug-likeness (QED) is 0.860. The zero-order valence-electron chi connectivity index (χ0n) is 14.6. The fraction of sp³-hybridized carbons (Fsp3) is 0.579. The maximum Gasteiger partial charge on any atom is 0.238 e. The Hall–Kier alpha value is -1.92. The second-order valence-electron chi connectivity index (χ2n) is 6.84. The third kappa shape index (κ3) is 5.54. The molecule has 2 N–H and O–H groups in total. The summed E-state index contributed by atoms with van der Waals surface area (Å²) in [5.41, 5.74) is 1.52. The number of carbonyl (C=O) groups excluding carboxylic acids is 2. The van der Waals surface area contributed by atoms with Crippen molar-refractivity contribution < 1.29 is 14.3 Å². The van der Waals surface area contributed by atoms with Crippen LogP contribution in [0.4, 0.5) is 11.4 Å². The first kappa shape index (κ1) is 17.9. The highest BCUT2D eigenvalue weighted by Crippen LogP contribution is 2.25. The molecule has 136 valence electrons. The molecule has 1 saturated heterocycles. The van der Waals surface area contributed by atoms with Crippen molar-refractivity contribution in [1.29, 1.82) is 0 Å². The van der Waals surface area contributed by atoms with Crippen molar-refractivity contribution in [1.82, 2.24) is 4.90 Å². The first-order chi connectivity index (χ1) is 12.2. The second-order valence-corrected chi connectivity index (χ2v) is 6.84. The monoisotopic (exact) mass is 345 g/mol. The molecule has 6 heteroatoms. The molecule has 25 heavy (non-hydrogen) atoms. The predicted octanol–water partition coefficient (Wildman–Crippen LogP) is 2.48. The molecule has 6 nitrogen and oxygen atoms in total. The van der Waals surface area contributed by atoms with E-state index in [9.17, 15) is 9.59 Å². The maximum absolute atomic E-state index is 12.3. The number of hydrogen-bond acceptors (Lipinski definition) is 4. The van der Waals surface area contributed by atoms with Crippen LogP contribution in [0.25, 0.3) is 0 Å². The molecule has 0 atom stereocenters. The number of amides is 2. The van der Waals surface area contributed by atoms with Crippen LogP contribution in [0.5, 0.6) is 0 Å². The van der Waals surface area contributed by atoms with Crippen molar-refractivity contribution in [3.05, 3.63) is 24.3 Å². The molecule has 3 rings (SSSR count). The zero-order valence-corrected chi connectivity index (χ0v) is 14.6. The molecule has 1 heterocycles. The van der Waals surface area contributed by atoms with Crippen LogP contribution < -0.4 is 10.6 Å². The molecule has 1 saturated carbocycles. The van der Waals surface area contributed by atoms with Crippen molar-refractivity contribution in [3.8, 4) is 0 Å². The minimum absolute atomic E-state index is 0.0270. The lowest BCUT2D eigenvalue weighted by Crippen LogP contribution is -2.41. The molecule has 0 radical (unpaired) electrons. The van der Waals surface area contributed by atoms with Gasteiger partial charge in [-0.05, 0) is 37.1 Å². The van der Waals surface area contributed by atoms with Gasteiger partial charge in [0.1, 0.15) is 0 Å². The molecule has 2 fully saturated rings. The van der Waals surface area contributed by atoms with Gasteiger partial charge in [-0.15, -0.1) is 0 Å². The highest BCUT2D eigenvalue weighted by Gasteiger charge is 2.21. The van der Waals surface area contributed by atoms with Gasteiger partial charge < -0.3 is 15.4 Å². The van der Waals surface area contributed by atoms with Gasteiger partial charge in [0.25, 0.3) is 0 Å². The number of anilines is 2. The largest absolute Gasteiger partial charge is 0.379 e. The number of benzene rings is 1. The number of nitrogens with zero attached hydrogens (tertiary/aromatic N) is 1. The minimum atomic E-state index is -0.0270. The summed E-state index contributed by atoms with van der Waals surface area (Å²) in [5, 5.41) is 5.88. The molecule has 2 aliphatic rings. The Bertz CT molecular complexity index is 576. The van der Waals surface area contributed by atoms with Crippen LogP contribution in [0.1, 0.15) is 32.1 Å². The Balaban J connectivity index is 1.46. The van der Waals surface area contributed by atoms with Gasteiger partial charge in [0.05, 0.1) is 19.8 Å². The molecule has 2 amide bonds. The second kappa shape index (κ2) is 8.97. The normalized spacial score (nSPS) is 19.4. The smallest absolute Gasteiger partial charge is 0.238 e. The first-order valence-electron chi connectivity index (χ1n) is 9.21. The summed E-state index contributed by atoms with van der Waals surface area (Å²) in [6, 6.07) is 7.33. The molecule has 0 unspecified atom stereocenters. The summed E-state index contributed by atoms with van der Waals surface area (Å²) in [6.07, 6.45) is 5.50. The standard InChI is InChI=1S/C19H27N3O3/c23-18(14-22-10-12-25-13-11-22)20-16-6-8-17(9-7-16)21-19(24)15-4-2-1-3-5-15/h6-9,15H,1-5,10-14H2,(H,20,23)(H,21,24). The van der Waals surface area contributed by atoms with Crippen LogP contribution in [0.3, 0.4) is 0 Å². The van der Waals surface area contributed by atoms with Crippen molar-refractivity contribution in [2.45, 2.75) is 32.1 Å². The van der Waals surface area contributed by atoms with E-state index in [0.717, 1.165) is 50.1 Å². The van der Waals surface area contributed by atoms with Gasteiger partial charge in [-0.3, -0.25) is 14.5 Å². The maximum atomic E-state index is 12.3. The number of nitrogens with one attached hydrogen (secondary N) is 2. The van der Waals surface area contributed by atoms with Crippen molar-refractivity contribution >= 4 is 23.2 Å². The average Bonchev–Trinajstić information content (AvgIpc) is 2.65. The summed E-state index contributed by atoms with van der Waals surface area (Å²) >= 11 is 0. The Morgan fingerprint density at radius 1 is 0.960 bits per heavy atom. The minimum Gasteiger partial charge on any atom is -0.379 e. The number of rotatable bonds is 5. The van der Waals surface area contributed by atoms with Gasteiger partial charge in [0, 0.05) is 30.4 Å². The molecule has 0 spiro atoms. The fourth-order valence-electron chi connectivity index (χ4n) is 3.41. The fourth-order valence-corrected chi connectivity index (χ4v) is 3.41. The predicted molar refractivity (Wildman–Crippen MR) is 97.5 cm³/mol. The summed E-state index contributed by atoms with van der Waals surface area (Å²) in [5.74, 6) is 0.228. The Morgan fingerprint density at radius 2 is 1.56 bits per heavy atom. The summed E-state index contributed by atoms with van der Waals surface area (Å²) in [7, 11) is 0. The Labute approximate surface area is 148 Å². The average molecular weight is 345 g/mol. The van der Waals surface area contributed by atoms with Crippen molar-refractivity contribution in [2.24, 2.45) is 5.92 Å². The molecule has 1 aromatic rings. The van der Waals surface area contributed by atoms with Crippen LogP contribution in [0.15, 0.2) is 24.3 Å². The molecular weight excluding hydrogens is 318 g/mol. The van der Waals surface area contributed by atoms with E-state index in [4.69, 9.17) is 4.74 Å². The van der Waals surface area contributed by atoms with E-state index in [1.807, 2.05) is 24.3 Å². The van der Waals surface area contributed by atoms with Gasteiger partial charge in [-0.2, -0.15) is 0 Å². The van der Waals surface area contributed by atoms with Gasteiger partial charge >= 0.3 is 0 Å². The van der Waals surface area contributed by atoms with Crippen LogP contribution in [-0.4, -0.2) is 49.6 Å². The molecule has 1 aromatic carbocycles. The lowest BCUT2D eigenvalue weighted by atomic mass is 9.88. The summed E-state index contributed by atoms with van der Waals surface area (Å²) in [4.78, 5) is 26.4. The van der Waals surface area contributed by atoms with E-state index >= 15 is 0 Å². The van der Waals surface area contributed by atoms with E-state index in [1.54, 1.807) is 0 Å². The van der Waals surface area contributed by atoms with Gasteiger partial charge in [0.15, 0.2) is 0 Å². The van der Waals surface area contributed by atoms with E-state index in [1.165, 1.54) is 6.42 Å². The van der Waals surface area contributed by atoms with Crippen LogP contribution in [-0.2, 0) is 14.3 Å². The molecular formula is C19H27N3O3. The van der Waals surface area contributed by atoms with Crippen LogP contribution >= 0.6 is 0 Å². The SMILES string of the molecule is O=C(CN1CCOCC1)Nc1ccc(NC(=O)C2CCCCC2)cc1. The van der Waals surface area contributed by atoms with E-state index in [0.29, 0.717) is 19.8 Å². The highest BCUT2D eigenvalue weighted by molar-refractivity contribution is 5.94. The molecule has 0 bridgehead atoms. The molecule has 0 aromatic heterocycles. The van der Waals surface area contributed by atoms with E-state index in [2.05, 4.69) is 15.5 Å². The number of carbonyl (C=O) groups is 2. The van der Waals surface area contributed by atoms with Crippen molar-refractivity contribution in [2.75, 3.05) is 43.5 Å². The third-order valence-electron chi connectivity index (χ3n) is 4.88. The topological polar surface area (TPSA) is 70.7 Å². The molecule has 1 aliphatic heterocycles. The van der Waals surface area contributed by atoms with Gasteiger partial charge in [-0.25, -0.2) is 0 Å². The lowest BCUT2D eigenvalue weighted by molar-refractivity contribution is -0.121. The lowest BCUT2D eigenvalue weighted by Gasteiger charge is -2.25. The molecule has 1 aliphatic carbocycles. The zero-order chi connectivity index (χ0) is 17.5. The third-order valence-corrected chi connectivity index (χ3v) is 4.88. The number of hydrogen-bond donors (Lipinski definition) is 2. The highest BCUT2D eigenvalue weighted by atomic mass is 16.5. The Kier molecular flexibility index (Phi) is 6.42. The van der Waals surface area contributed by atoms with Gasteiger partial charge in [-0.1, -0.05) is 19.3 Å². The van der Waals surface area contributed by atoms with Crippen LogP contribution in [0.2, 0.25) is 0 Å². The summed E-state index contributed by atoms with van der Waals surface area (Å²) < 4.78 is 5.28. The number of ether oxygens (including phenoxy) is 1. The first-order valence-corrected chi connectivity index (χ1v) is 9.21.